The first-order chi connectivity index (χ1) is 8.25. The van der Waals surface area contributed by atoms with Crippen molar-refractivity contribution in [3.05, 3.63) is 0 Å². The van der Waals surface area contributed by atoms with E-state index in [1.54, 1.807) is 0 Å². The molecule has 0 aliphatic carbocycles. The van der Waals surface area contributed by atoms with Gasteiger partial charge in [-0.15, -0.1) is 0 Å². The van der Waals surface area contributed by atoms with Crippen molar-refractivity contribution in [1.82, 2.24) is 10.2 Å². The molecular weight excluding hydrogens is 212 g/mol. The molecule has 0 bridgehead atoms. The lowest BCUT2D eigenvalue weighted by Gasteiger charge is -2.34. The Bertz CT molecular complexity index is 208. The van der Waals surface area contributed by atoms with Gasteiger partial charge in [0.15, 0.2) is 0 Å². The van der Waals surface area contributed by atoms with Gasteiger partial charge in [0.1, 0.15) is 0 Å². The average molecular weight is 240 g/mol. The van der Waals surface area contributed by atoms with E-state index in [1.807, 2.05) is 0 Å². The maximum absolute atomic E-state index is 5.76. The minimum atomic E-state index is 0.487. The van der Waals surface area contributed by atoms with Crippen LogP contribution in [0.3, 0.4) is 0 Å². The Morgan fingerprint density at radius 3 is 2.65 bits per heavy atom. The lowest BCUT2D eigenvalue weighted by molar-refractivity contribution is 0.0568. The second kappa shape index (κ2) is 6.72. The first-order valence-corrected chi connectivity index (χ1v) is 7.34. The van der Waals surface area contributed by atoms with Gasteiger partial charge in [-0.3, -0.25) is 4.90 Å². The van der Waals surface area contributed by atoms with Crippen LogP contribution in [0.25, 0.3) is 0 Å². The number of nitrogens with one attached hydrogen (secondary N) is 1. The van der Waals surface area contributed by atoms with Crippen LogP contribution < -0.4 is 5.32 Å². The van der Waals surface area contributed by atoms with Gasteiger partial charge in [-0.05, 0) is 46.1 Å². The van der Waals surface area contributed by atoms with E-state index in [0.29, 0.717) is 18.2 Å². The van der Waals surface area contributed by atoms with Gasteiger partial charge in [-0.25, -0.2) is 0 Å². The topological polar surface area (TPSA) is 24.5 Å². The van der Waals surface area contributed by atoms with Crippen molar-refractivity contribution in [2.45, 2.75) is 64.1 Å². The highest BCUT2D eigenvalue weighted by molar-refractivity contribution is 4.80. The predicted molar refractivity (Wildman–Crippen MR) is 71.3 cm³/mol. The Morgan fingerprint density at radius 2 is 2.06 bits per heavy atom. The Hall–Kier alpha value is -0.120. The summed E-state index contributed by atoms with van der Waals surface area (Å²) >= 11 is 0. The van der Waals surface area contributed by atoms with Crippen molar-refractivity contribution in [1.29, 1.82) is 0 Å². The summed E-state index contributed by atoms with van der Waals surface area (Å²) in [6, 6.07) is 1.33. The third-order valence-electron chi connectivity index (χ3n) is 4.06. The van der Waals surface area contributed by atoms with E-state index in [0.717, 1.165) is 13.2 Å². The van der Waals surface area contributed by atoms with E-state index in [9.17, 15) is 0 Å². The van der Waals surface area contributed by atoms with Crippen molar-refractivity contribution in [2.24, 2.45) is 0 Å². The molecule has 2 aliphatic rings. The standard InChI is InChI=1S/C14H28N2O/c1-12(2)16(11-14-7-5-9-17-14)10-13-6-3-4-8-15-13/h12-15H,3-11H2,1-2H3. The Kier molecular flexibility index (Phi) is 5.26. The molecule has 0 radical (unpaired) electrons. The summed E-state index contributed by atoms with van der Waals surface area (Å²) in [5.74, 6) is 0. The molecule has 0 spiro atoms. The van der Waals surface area contributed by atoms with Gasteiger partial charge in [-0.1, -0.05) is 6.42 Å². The molecule has 0 amide bonds. The van der Waals surface area contributed by atoms with Crippen LogP contribution in [-0.2, 0) is 4.74 Å². The molecule has 0 aromatic heterocycles. The summed E-state index contributed by atoms with van der Waals surface area (Å²) < 4.78 is 5.76. The quantitative estimate of drug-likeness (QED) is 0.795. The van der Waals surface area contributed by atoms with Crippen LogP contribution in [0.4, 0.5) is 0 Å². The second-order valence-electron chi connectivity index (χ2n) is 5.83. The molecule has 1 N–H and O–H groups in total. The molecule has 2 aliphatic heterocycles. The van der Waals surface area contributed by atoms with Crippen LogP contribution in [0.2, 0.25) is 0 Å². The maximum Gasteiger partial charge on any atom is 0.0702 e. The number of rotatable bonds is 5. The zero-order chi connectivity index (χ0) is 12.1. The lowest BCUT2D eigenvalue weighted by Crippen LogP contribution is -2.48. The van der Waals surface area contributed by atoms with Crippen molar-refractivity contribution >= 4 is 0 Å². The van der Waals surface area contributed by atoms with E-state index in [1.165, 1.54) is 45.2 Å². The normalized spacial score (nSPS) is 30.4. The molecule has 2 rings (SSSR count). The molecule has 2 heterocycles. The molecule has 17 heavy (non-hydrogen) atoms. The first-order valence-electron chi connectivity index (χ1n) is 7.34. The number of ether oxygens (including phenoxy) is 1. The van der Waals surface area contributed by atoms with Crippen LogP contribution in [0, 0.1) is 0 Å². The van der Waals surface area contributed by atoms with Gasteiger partial charge in [0.2, 0.25) is 0 Å². The van der Waals surface area contributed by atoms with Crippen molar-refractivity contribution < 1.29 is 4.74 Å². The summed E-state index contributed by atoms with van der Waals surface area (Å²) in [7, 11) is 0. The average Bonchev–Trinajstić information content (AvgIpc) is 2.82. The molecule has 2 fully saturated rings. The molecule has 2 unspecified atom stereocenters. The smallest absolute Gasteiger partial charge is 0.0702 e. The largest absolute Gasteiger partial charge is 0.377 e. The van der Waals surface area contributed by atoms with E-state index >= 15 is 0 Å². The van der Waals surface area contributed by atoms with Gasteiger partial charge in [0, 0.05) is 31.8 Å². The van der Waals surface area contributed by atoms with Gasteiger partial charge >= 0.3 is 0 Å². The fourth-order valence-corrected chi connectivity index (χ4v) is 2.91. The predicted octanol–water partition coefficient (Wildman–Crippen LogP) is 2.02. The van der Waals surface area contributed by atoms with Crippen LogP contribution in [-0.4, -0.2) is 49.3 Å². The summed E-state index contributed by atoms with van der Waals surface area (Å²) in [6.07, 6.45) is 7.07. The van der Waals surface area contributed by atoms with E-state index in [-0.39, 0.29) is 0 Å². The highest BCUT2D eigenvalue weighted by atomic mass is 16.5. The molecule has 0 saturated carbocycles. The third-order valence-corrected chi connectivity index (χ3v) is 4.06. The van der Waals surface area contributed by atoms with Crippen LogP contribution in [0.15, 0.2) is 0 Å². The summed E-state index contributed by atoms with van der Waals surface area (Å²) in [4.78, 5) is 2.60. The molecule has 100 valence electrons. The molecular formula is C14H28N2O. The number of nitrogens with zero attached hydrogens (tertiary/aromatic N) is 1. The van der Waals surface area contributed by atoms with Crippen LogP contribution in [0.1, 0.15) is 46.0 Å². The van der Waals surface area contributed by atoms with E-state index in [4.69, 9.17) is 4.74 Å². The Morgan fingerprint density at radius 1 is 1.18 bits per heavy atom. The molecule has 3 nitrogen and oxygen atoms in total. The number of hydrogen-bond acceptors (Lipinski definition) is 3. The first kappa shape index (κ1) is 13.3. The van der Waals surface area contributed by atoms with Crippen LogP contribution in [0.5, 0.6) is 0 Å². The second-order valence-corrected chi connectivity index (χ2v) is 5.83. The van der Waals surface area contributed by atoms with Crippen molar-refractivity contribution in [3.8, 4) is 0 Å². The van der Waals surface area contributed by atoms with Gasteiger partial charge in [0.05, 0.1) is 6.10 Å². The van der Waals surface area contributed by atoms with Gasteiger partial charge < -0.3 is 10.1 Å². The van der Waals surface area contributed by atoms with Gasteiger partial charge in [0.25, 0.3) is 0 Å². The van der Waals surface area contributed by atoms with Crippen molar-refractivity contribution in [3.63, 3.8) is 0 Å². The summed E-state index contributed by atoms with van der Waals surface area (Å²) in [5, 5.41) is 3.65. The molecule has 3 heteroatoms. The third kappa shape index (κ3) is 4.23. The van der Waals surface area contributed by atoms with Gasteiger partial charge in [-0.2, -0.15) is 0 Å². The fourth-order valence-electron chi connectivity index (χ4n) is 2.91. The van der Waals surface area contributed by atoms with Crippen molar-refractivity contribution in [2.75, 3.05) is 26.2 Å². The zero-order valence-corrected chi connectivity index (χ0v) is 11.5. The fraction of sp³-hybridized carbons (Fsp3) is 1.00. The summed E-state index contributed by atoms with van der Waals surface area (Å²) in [5.41, 5.74) is 0. The Labute approximate surface area is 106 Å². The molecule has 0 aromatic rings. The molecule has 2 atom stereocenters. The highest BCUT2D eigenvalue weighted by Gasteiger charge is 2.23. The maximum atomic E-state index is 5.76. The van der Waals surface area contributed by atoms with E-state index < -0.39 is 0 Å². The lowest BCUT2D eigenvalue weighted by atomic mass is 10.0. The minimum Gasteiger partial charge on any atom is -0.377 e. The van der Waals surface area contributed by atoms with E-state index in [2.05, 4.69) is 24.1 Å². The minimum absolute atomic E-state index is 0.487. The highest BCUT2D eigenvalue weighted by Crippen LogP contribution is 2.16. The van der Waals surface area contributed by atoms with Crippen LogP contribution >= 0.6 is 0 Å². The number of piperidine rings is 1. The SMILES string of the molecule is CC(C)N(CC1CCCCN1)CC1CCCO1. The summed E-state index contributed by atoms with van der Waals surface area (Å²) in [6.45, 7) is 9.09. The molecule has 0 aromatic carbocycles. The number of hydrogen-bond donors (Lipinski definition) is 1. The monoisotopic (exact) mass is 240 g/mol. The molecule has 2 saturated heterocycles. The zero-order valence-electron chi connectivity index (χ0n) is 11.5. The Balaban J connectivity index is 1.78.